The maximum Gasteiger partial charge on any atom is 0.160 e. The van der Waals surface area contributed by atoms with Crippen molar-refractivity contribution in [3.05, 3.63) is 209 Å². The number of anilines is 2. The molecule has 1 aliphatic heterocycles. The van der Waals surface area contributed by atoms with Crippen molar-refractivity contribution in [1.29, 1.82) is 0 Å². The van der Waals surface area contributed by atoms with Crippen LogP contribution in [0.2, 0.25) is 0 Å². The topological polar surface area (TPSA) is 45.5 Å². The van der Waals surface area contributed by atoms with Gasteiger partial charge in [-0.2, -0.15) is 0 Å². The molecule has 3 heterocycles. The van der Waals surface area contributed by atoms with Gasteiger partial charge in [0, 0.05) is 41.2 Å². The largest absolute Gasteiger partial charge is 0.356 e. The minimum Gasteiger partial charge on any atom is -0.356 e. The van der Waals surface area contributed by atoms with Gasteiger partial charge in [-0.3, -0.25) is 0 Å². The van der Waals surface area contributed by atoms with Gasteiger partial charge < -0.3 is 14.8 Å². The highest BCUT2D eigenvalue weighted by atomic mass is 15.4. The fourth-order valence-corrected chi connectivity index (χ4v) is 8.51. The zero-order valence-corrected chi connectivity index (χ0v) is 34.1. The van der Waals surface area contributed by atoms with Gasteiger partial charge in [-0.1, -0.05) is 155 Å². The Hall–Kier alpha value is -6.46. The van der Waals surface area contributed by atoms with Gasteiger partial charge in [0.05, 0.1) is 17.1 Å². The molecule has 1 N–H and O–H groups in total. The summed E-state index contributed by atoms with van der Waals surface area (Å²) in [6.07, 6.45) is 30.0. The lowest BCUT2D eigenvalue weighted by molar-refractivity contribution is 0.653. The van der Waals surface area contributed by atoms with Crippen molar-refractivity contribution in [2.75, 3.05) is 10.2 Å². The molecule has 0 amide bonds. The Morgan fingerprint density at radius 1 is 0.966 bits per heavy atom. The number of nitrogens with one attached hydrogen (secondary N) is 1. The molecule has 0 saturated carbocycles. The zero-order chi connectivity index (χ0) is 40.0. The van der Waals surface area contributed by atoms with E-state index in [0.29, 0.717) is 5.92 Å². The first-order valence-corrected chi connectivity index (χ1v) is 20.8. The lowest BCUT2D eigenvalue weighted by Crippen LogP contribution is -2.27. The predicted molar refractivity (Wildman–Crippen MR) is 246 cm³/mol. The van der Waals surface area contributed by atoms with E-state index in [-0.39, 0.29) is 12.1 Å². The van der Waals surface area contributed by atoms with E-state index in [9.17, 15) is 0 Å². The molecule has 2 unspecified atom stereocenters. The van der Waals surface area contributed by atoms with Crippen LogP contribution in [-0.4, -0.2) is 15.3 Å². The molecule has 290 valence electrons. The molecule has 0 bridgehead atoms. The fourth-order valence-electron chi connectivity index (χ4n) is 8.51. The van der Waals surface area contributed by atoms with Crippen molar-refractivity contribution in [1.82, 2.24) is 9.55 Å². The Morgan fingerprint density at radius 3 is 2.45 bits per heavy atom. The first kappa shape index (κ1) is 38.4. The highest BCUT2D eigenvalue weighted by Crippen LogP contribution is 2.48. The molecule has 2 aromatic heterocycles. The molecule has 5 nitrogen and oxygen atoms in total. The molecular weight excluding hydrogens is 707 g/mol. The second-order valence-corrected chi connectivity index (χ2v) is 15.4. The zero-order valence-electron chi connectivity index (χ0n) is 34.1. The molecule has 2 aliphatic carbocycles. The summed E-state index contributed by atoms with van der Waals surface area (Å²) in [5.74, 6) is 1.58. The van der Waals surface area contributed by atoms with Crippen LogP contribution in [0.5, 0.6) is 0 Å². The lowest BCUT2D eigenvalue weighted by atomic mass is 9.96. The van der Waals surface area contributed by atoms with Gasteiger partial charge in [-0.15, -0.1) is 0 Å². The first-order chi connectivity index (χ1) is 28.5. The summed E-state index contributed by atoms with van der Waals surface area (Å²) in [6.45, 7) is 13.1. The normalized spacial score (nSPS) is 18.3. The monoisotopic (exact) mass is 759 g/mol. The van der Waals surface area contributed by atoms with Crippen LogP contribution in [0.4, 0.5) is 11.5 Å². The van der Waals surface area contributed by atoms with Gasteiger partial charge in [-0.25, -0.2) is 9.98 Å². The molecule has 5 aromatic rings. The first-order valence-electron chi connectivity index (χ1n) is 20.8. The van der Waals surface area contributed by atoms with Crippen molar-refractivity contribution in [2.45, 2.75) is 65.5 Å². The van der Waals surface area contributed by atoms with E-state index in [4.69, 9.17) is 9.98 Å². The lowest BCUT2D eigenvalue weighted by Gasteiger charge is -2.28. The Kier molecular flexibility index (Phi) is 11.5. The summed E-state index contributed by atoms with van der Waals surface area (Å²) >= 11 is 0. The minimum absolute atomic E-state index is 0.102. The van der Waals surface area contributed by atoms with Crippen molar-refractivity contribution in [3.8, 4) is 5.69 Å². The Balaban J connectivity index is 1.19. The van der Waals surface area contributed by atoms with Crippen LogP contribution in [-0.2, 0) is 12.8 Å². The number of aromatic nitrogens is 2. The number of hydrogen-bond acceptors (Lipinski definition) is 4. The van der Waals surface area contributed by atoms with Crippen molar-refractivity contribution >= 4 is 35.1 Å². The Morgan fingerprint density at radius 2 is 1.72 bits per heavy atom. The van der Waals surface area contributed by atoms with Crippen LogP contribution >= 0.6 is 0 Å². The van der Waals surface area contributed by atoms with Crippen molar-refractivity contribution < 1.29 is 0 Å². The summed E-state index contributed by atoms with van der Waals surface area (Å²) in [7, 11) is 0. The SMILES string of the molecule is C=CC(=N/C(=C\C(C)c1ccc(C2Nc3c(-n4c5c(c(CC)c4/C=C\C)CC[C@H](C)C=C5)ccnc3N2C2=CC=CC=CC2)cc1)c1ccccc1)c1ccccc1. The molecule has 5 heteroatoms. The van der Waals surface area contributed by atoms with Crippen LogP contribution < -0.4 is 10.2 Å². The van der Waals surface area contributed by atoms with E-state index < -0.39 is 0 Å². The van der Waals surface area contributed by atoms with E-state index in [1.54, 1.807) is 0 Å². The standard InChI is InChI=1S/C53H53N5/c1-6-19-48-44(7-2)45-32-26-37(4)27-33-49(45)58(48)50-34-35-54-53-51(50)56-52(57(53)43-24-17-9-10-18-25-43)42-30-28-39(29-31-42)38(5)36-47(41-22-15-12-16-23-41)55-46(8-3)40-20-13-11-14-21-40/h6,8-24,27-31,33-38,52,56H,3,7,25-26,32H2,1-2,4-5H3/b19-6-,47-36-,55-46?/t37-,38?,52?/m0/s1. The van der Waals surface area contributed by atoms with Gasteiger partial charge in [0.15, 0.2) is 5.82 Å². The molecule has 3 atom stereocenters. The predicted octanol–water partition coefficient (Wildman–Crippen LogP) is 13.2. The van der Waals surface area contributed by atoms with E-state index in [0.717, 1.165) is 65.4 Å². The quantitative estimate of drug-likeness (QED) is 0.136. The maximum atomic E-state index is 5.18. The van der Waals surface area contributed by atoms with Crippen molar-refractivity contribution in [2.24, 2.45) is 10.9 Å². The molecule has 3 aromatic carbocycles. The minimum atomic E-state index is -0.152. The summed E-state index contributed by atoms with van der Waals surface area (Å²) < 4.78 is 2.48. The van der Waals surface area contributed by atoms with E-state index in [2.05, 4.69) is 177 Å². The number of pyridine rings is 1. The number of benzene rings is 3. The molecular formula is C53H53N5. The number of nitrogens with zero attached hydrogens (tertiary/aromatic N) is 4. The van der Waals surface area contributed by atoms with Crippen LogP contribution in [0.1, 0.15) is 97.4 Å². The van der Waals surface area contributed by atoms with E-state index in [1.807, 2.05) is 36.5 Å². The van der Waals surface area contributed by atoms with E-state index in [1.165, 1.54) is 39.3 Å². The summed E-state index contributed by atoms with van der Waals surface area (Å²) in [4.78, 5) is 12.7. The molecule has 58 heavy (non-hydrogen) atoms. The third-order valence-electron chi connectivity index (χ3n) is 11.5. The van der Waals surface area contributed by atoms with Crippen LogP contribution in [0.15, 0.2) is 169 Å². The highest BCUT2D eigenvalue weighted by Gasteiger charge is 2.36. The van der Waals surface area contributed by atoms with E-state index >= 15 is 0 Å². The second-order valence-electron chi connectivity index (χ2n) is 15.4. The highest BCUT2D eigenvalue weighted by molar-refractivity contribution is 6.10. The van der Waals surface area contributed by atoms with Crippen LogP contribution in [0.3, 0.4) is 0 Å². The smallest absolute Gasteiger partial charge is 0.160 e. The van der Waals surface area contributed by atoms with Crippen LogP contribution in [0, 0.1) is 5.92 Å². The van der Waals surface area contributed by atoms with Gasteiger partial charge in [-0.05, 0) is 90.3 Å². The number of allylic oxidation sites excluding steroid dienone is 9. The van der Waals surface area contributed by atoms with Gasteiger partial charge >= 0.3 is 0 Å². The summed E-state index contributed by atoms with van der Waals surface area (Å²) in [5.41, 5.74) is 15.1. The van der Waals surface area contributed by atoms with Gasteiger partial charge in [0.2, 0.25) is 0 Å². The van der Waals surface area contributed by atoms with Gasteiger partial charge in [0.25, 0.3) is 0 Å². The summed E-state index contributed by atoms with van der Waals surface area (Å²) in [5, 5.41) is 4.03. The van der Waals surface area contributed by atoms with Crippen LogP contribution in [0.25, 0.3) is 23.5 Å². The number of fused-ring (bicyclic) bond motifs is 2. The number of rotatable bonds is 11. The molecule has 0 saturated heterocycles. The molecule has 0 spiro atoms. The Bertz CT molecular complexity index is 2490. The number of aliphatic imine (C=N–C) groups is 1. The molecule has 0 fully saturated rings. The molecule has 8 rings (SSSR count). The second kappa shape index (κ2) is 17.4. The van der Waals surface area contributed by atoms with Gasteiger partial charge in [0.1, 0.15) is 11.9 Å². The molecule has 0 radical (unpaired) electrons. The maximum absolute atomic E-state index is 5.18. The fraction of sp³-hybridized carbons (Fsp3) is 0.208. The third kappa shape index (κ3) is 7.65. The number of hydrogen-bond donors (Lipinski definition) is 1. The van der Waals surface area contributed by atoms with Crippen molar-refractivity contribution in [3.63, 3.8) is 0 Å². The average Bonchev–Trinajstić information content (AvgIpc) is 3.55. The average molecular weight is 760 g/mol. The summed E-state index contributed by atoms with van der Waals surface area (Å²) in [6, 6.07) is 31.9. The Labute approximate surface area is 344 Å². The third-order valence-corrected chi connectivity index (χ3v) is 11.5. The molecule has 3 aliphatic rings.